The van der Waals surface area contributed by atoms with Crippen molar-refractivity contribution >= 4 is 7.32 Å². The molecular weight excluding hydrogens is 261 g/mol. The molecule has 0 amide bonds. The van der Waals surface area contributed by atoms with E-state index in [4.69, 9.17) is 35.6 Å². The van der Waals surface area contributed by atoms with Gasteiger partial charge in [-0.25, -0.2) is 0 Å². The molecule has 0 aliphatic heterocycles. The third-order valence-electron chi connectivity index (χ3n) is 1.90. The Kier molecular flexibility index (Phi) is 17.4. The van der Waals surface area contributed by atoms with E-state index < -0.39 is 20.0 Å². The highest BCUT2D eigenvalue weighted by molar-refractivity contribution is 6.32. The van der Waals surface area contributed by atoms with E-state index in [9.17, 15) is 0 Å². The maximum Gasteiger partial charge on any atom is 0.633 e. The van der Waals surface area contributed by atoms with Crippen molar-refractivity contribution in [3.63, 3.8) is 0 Å². The average Bonchev–Trinajstić information content (AvgIpc) is 2.37. The van der Waals surface area contributed by atoms with Crippen LogP contribution in [0.2, 0.25) is 0 Å². The zero-order chi connectivity index (χ0) is 15.1. The van der Waals surface area contributed by atoms with Gasteiger partial charge in [-0.1, -0.05) is 0 Å². The summed E-state index contributed by atoms with van der Waals surface area (Å²) in [5.74, 6) is 0. The number of hydrogen-bond donors (Lipinski definition) is 7. The van der Waals surface area contributed by atoms with Crippen molar-refractivity contribution in [3.8, 4) is 0 Å². The highest BCUT2D eigenvalue weighted by atomic mass is 16.6. The molecule has 10 heteroatoms. The molecule has 0 aliphatic carbocycles. The van der Waals surface area contributed by atoms with Crippen LogP contribution in [0.1, 0.15) is 0 Å². The Bertz CT molecular complexity index is 162. The topological polar surface area (TPSA) is 154 Å². The Balaban J connectivity index is 0. The van der Waals surface area contributed by atoms with E-state index >= 15 is 0 Å². The lowest BCUT2D eigenvalue weighted by Gasteiger charge is -2.17. The summed E-state index contributed by atoms with van der Waals surface area (Å²) in [6.07, 6.45) is -1.05. The molecule has 0 saturated carbocycles. The minimum absolute atomic E-state index is 0.0694. The second-order valence-electron chi connectivity index (χ2n) is 3.51. The Hall–Kier alpha value is -0.295. The molecule has 9 nitrogen and oxygen atoms in total. The van der Waals surface area contributed by atoms with Gasteiger partial charge in [0.2, 0.25) is 0 Å². The van der Waals surface area contributed by atoms with Crippen LogP contribution >= 0.6 is 0 Å². The third-order valence-corrected chi connectivity index (χ3v) is 1.90. The highest BCUT2D eigenvalue weighted by Crippen LogP contribution is 1.84. The molecule has 0 rings (SSSR count). The van der Waals surface area contributed by atoms with Crippen molar-refractivity contribution in [1.82, 2.24) is 4.90 Å². The Morgan fingerprint density at radius 3 is 1.58 bits per heavy atom. The minimum atomic E-state index is -1.88. The highest BCUT2D eigenvalue weighted by Gasteiger charge is 2.10. The molecule has 0 aromatic rings. The van der Waals surface area contributed by atoms with E-state index in [1.807, 2.05) is 0 Å². The van der Waals surface area contributed by atoms with Gasteiger partial charge in [0.25, 0.3) is 0 Å². The summed E-state index contributed by atoms with van der Waals surface area (Å²) in [4.78, 5) is 1.79. The molecule has 0 aromatic carbocycles. The van der Waals surface area contributed by atoms with Crippen molar-refractivity contribution in [1.29, 1.82) is 0 Å². The van der Waals surface area contributed by atoms with Gasteiger partial charge in [0, 0.05) is 19.6 Å². The standard InChI is InChI=1S/C6H15NO3.C3H9BO5/c8-4-1-7(2-5-9)3-6-10;5-1-3(6)2-9-4(7)8/h8-10H,1-6H2;3,5-8H,1-2H2. The lowest BCUT2D eigenvalue weighted by atomic mass is 10.2. The summed E-state index contributed by atoms with van der Waals surface area (Å²) in [6, 6.07) is 0. The molecule has 7 N–H and O–H groups in total. The van der Waals surface area contributed by atoms with Crippen molar-refractivity contribution in [2.75, 3.05) is 52.7 Å². The van der Waals surface area contributed by atoms with E-state index in [-0.39, 0.29) is 26.4 Å². The fourth-order valence-corrected chi connectivity index (χ4v) is 1.01. The maximum absolute atomic E-state index is 8.51. The molecule has 0 spiro atoms. The average molecular weight is 285 g/mol. The Labute approximate surface area is 112 Å². The van der Waals surface area contributed by atoms with Gasteiger partial charge in [0.15, 0.2) is 0 Å². The number of rotatable bonds is 10. The monoisotopic (exact) mass is 285 g/mol. The molecule has 0 saturated heterocycles. The molecule has 19 heavy (non-hydrogen) atoms. The summed E-state index contributed by atoms with van der Waals surface area (Å²) >= 11 is 0. The number of aliphatic hydroxyl groups is 5. The number of hydrogen-bond acceptors (Lipinski definition) is 9. The van der Waals surface area contributed by atoms with Gasteiger partial charge < -0.3 is 40.2 Å². The lowest BCUT2D eigenvalue weighted by molar-refractivity contribution is 0.0362. The first kappa shape index (κ1) is 21.0. The fraction of sp³-hybridized carbons (Fsp3) is 1.00. The van der Waals surface area contributed by atoms with Gasteiger partial charge in [-0.3, -0.25) is 4.90 Å². The first-order valence-electron chi connectivity index (χ1n) is 5.83. The second kappa shape index (κ2) is 15.8. The van der Waals surface area contributed by atoms with Crippen LogP contribution in [0.25, 0.3) is 0 Å². The molecule has 0 aromatic heterocycles. The summed E-state index contributed by atoms with van der Waals surface area (Å²) in [7, 11) is -1.88. The normalized spacial score (nSPS) is 12.0. The van der Waals surface area contributed by atoms with Crippen LogP contribution in [0.3, 0.4) is 0 Å². The number of nitrogens with zero attached hydrogens (tertiary/aromatic N) is 1. The van der Waals surface area contributed by atoms with E-state index in [1.54, 1.807) is 4.90 Å². The van der Waals surface area contributed by atoms with Gasteiger partial charge in [-0.2, -0.15) is 0 Å². The molecular formula is C9H24BNO8. The molecule has 0 aliphatic rings. The molecule has 1 unspecified atom stereocenters. The summed E-state index contributed by atoms with van der Waals surface area (Å²) in [5, 5.41) is 58.2. The van der Waals surface area contributed by atoms with Crippen LogP contribution in [0.4, 0.5) is 0 Å². The molecule has 1 atom stereocenters. The molecule has 0 heterocycles. The van der Waals surface area contributed by atoms with E-state index in [1.165, 1.54) is 0 Å². The Morgan fingerprint density at radius 1 is 0.895 bits per heavy atom. The molecule has 116 valence electrons. The third kappa shape index (κ3) is 17.7. The van der Waals surface area contributed by atoms with Crippen LogP contribution in [-0.4, -0.2) is 107 Å². The smallest absolute Gasteiger partial charge is 0.402 e. The van der Waals surface area contributed by atoms with Gasteiger partial charge in [-0.05, 0) is 0 Å². The van der Waals surface area contributed by atoms with Crippen molar-refractivity contribution in [2.24, 2.45) is 0 Å². The predicted molar refractivity (Wildman–Crippen MR) is 66.9 cm³/mol. The van der Waals surface area contributed by atoms with Gasteiger partial charge in [-0.15, -0.1) is 0 Å². The van der Waals surface area contributed by atoms with Gasteiger partial charge in [0.05, 0.1) is 39.1 Å². The second-order valence-corrected chi connectivity index (χ2v) is 3.51. The first-order chi connectivity index (χ1) is 9.01. The zero-order valence-corrected chi connectivity index (χ0v) is 10.8. The van der Waals surface area contributed by atoms with Gasteiger partial charge >= 0.3 is 7.32 Å². The van der Waals surface area contributed by atoms with Crippen LogP contribution in [-0.2, 0) is 4.65 Å². The largest absolute Gasteiger partial charge is 0.633 e. The first-order valence-corrected chi connectivity index (χ1v) is 5.83. The van der Waals surface area contributed by atoms with Crippen LogP contribution in [0.5, 0.6) is 0 Å². The summed E-state index contributed by atoms with van der Waals surface area (Å²) in [5.41, 5.74) is 0. The molecule has 0 radical (unpaired) electrons. The molecule has 0 fully saturated rings. The van der Waals surface area contributed by atoms with Crippen LogP contribution in [0, 0.1) is 0 Å². The number of aliphatic hydroxyl groups excluding tert-OH is 5. The quantitative estimate of drug-likeness (QED) is 0.197. The summed E-state index contributed by atoms with van der Waals surface area (Å²) < 4.78 is 4.10. The zero-order valence-electron chi connectivity index (χ0n) is 10.8. The minimum Gasteiger partial charge on any atom is -0.402 e. The van der Waals surface area contributed by atoms with Crippen molar-refractivity contribution < 1.29 is 40.2 Å². The van der Waals surface area contributed by atoms with Crippen molar-refractivity contribution in [3.05, 3.63) is 0 Å². The van der Waals surface area contributed by atoms with Crippen molar-refractivity contribution in [2.45, 2.75) is 6.10 Å². The van der Waals surface area contributed by atoms with Crippen LogP contribution < -0.4 is 0 Å². The van der Waals surface area contributed by atoms with E-state index in [2.05, 4.69) is 4.65 Å². The Morgan fingerprint density at radius 2 is 1.32 bits per heavy atom. The maximum atomic E-state index is 8.51. The predicted octanol–water partition coefficient (Wildman–Crippen LogP) is -4.41. The van der Waals surface area contributed by atoms with Gasteiger partial charge in [0.1, 0.15) is 0 Å². The van der Waals surface area contributed by atoms with E-state index in [0.717, 1.165) is 0 Å². The van der Waals surface area contributed by atoms with Crippen LogP contribution in [0.15, 0.2) is 0 Å². The SMILES string of the molecule is OCC(O)COB(O)O.OCCN(CCO)CCO. The lowest BCUT2D eigenvalue weighted by Crippen LogP contribution is -2.32. The summed E-state index contributed by atoms with van der Waals surface area (Å²) in [6.45, 7) is 1.02. The fourth-order valence-electron chi connectivity index (χ4n) is 1.01. The van der Waals surface area contributed by atoms with E-state index in [0.29, 0.717) is 19.6 Å². The molecule has 0 bridgehead atoms.